The van der Waals surface area contributed by atoms with Crippen molar-refractivity contribution in [3.8, 4) is 0 Å². The van der Waals surface area contributed by atoms with Gasteiger partial charge in [-0.05, 0) is 73.8 Å². The predicted octanol–water partition coefficient (Wildman–Crippen LogP) is 4.90. The lowest BCUT2D eigenvalue weighted by Gasteiger charge is -2.52. The summed E-state index contributed by atoms with van der Waals surface area (Å²) in [6, 6.07) is 15.7. The standard InChI is InChI=1S/C31H38N2O2/c1-21-5-3-6-23(15-21)18-33-20-31(11-13-32(14-12-31)30(35)24-7-4-8-24)29-26-10-9-22(2)16-25(26)17-27(29)28(33)19-34/h3,5-6,9-10,15-16,24,28,34H,4,7-8,11-14,17-20H2,1-2H3/t28-/m1/s1. The summed E-state index contributed by atoms with van der Waals surface area (Å²) >= 11 is 0. The molecule has 184 valence electrons. The number of hydrogen-bond donors (Lipinski definition) is 1. The average molecular weight is 471 g/mol. The number of aryl methyl sites for hydroxylation is 2. The monoisotopic (exact) mass is 470 g/mol. The van der Waals surface area contributed by atoms with Gasteiger partial charge in [-0.25, -0.2) is 0 Å². The maximum absolute atomic E-state index is 13.0. The van der Waals surface area contributed by atoms with Crippen molar-refractivity contribution in [2.75, 3.05) is 26.2 Å². The topological polar surface area (TPSA) is 43.8 Å². The van der Waals surface area contributed by atoms with Gasteiger partial charge in [0.15, 0.2) is 0 Å². The van der Waals surface area contributed by atoms with Crippen LogP contribution in [0.3, 0.4) is 0 Å². The number of carbonyl (C=O) groups excluding carboxylic acids is 1. The number of fused-ring (bicyclic) bond motifs is 3. The maximum Gasteiger partial charge on any atom is 0.225 e. The third-order valence-electron chi connectivity index (χ3n) is 9.24. The highest BCUT2D eigenvalue weighted by Crippen LogP contribution is 2.55. The van der Waals surface area contributed by atoms with Crippen LogP contribution in [-0.2, 0) is 17.8 Å². The molecule has 2 aliphatic heterocycles. The van der Waals surface area contributed by atoms with Crippen molar-refractivity contribution in [2.24, 2.45) is 11.3 Å². The molecule has 2 heterocycles. The zero-order valence-electron chi connectivity index (χ0n) is 21.2. The Kier molecular flexibility index (Phi) is 5.85. The molecule has 1 amide bonds. The first kappa shape index (κ1) is 23.0. The molecule has 1 saturated heterocycles. The average Bonchev–Trinajstić information content (AvgIpc) is 3.18. The fourth-order valence-corrected chi connectivity index (χ4v) is 7.20. The predicted molar refractivity (Wildman–Crippen MR) is 140 cm³/mol. The van der Waals surface area contributed by atoms with Crippen molar-refractivity contribution in [3.63, 3.8) is 0 Å². The summed E-state index contributed by atoms with van der Waals surface area (Å²) in [6.45, 7) is 7.99. The Hall–Kier alpha value is -2.43. The van der Waals surface area contributed by atoms with Crippen LogP contribution < -0.4 is 0 Å². The third-order valence-corrected chi connectivity index (χ3v) is 9.24. The minimum absolute atomic E-state index is 0.0434. The number of amides is 1. The van der Waals surface area contributed by atoms with Crippen molar-refractivity contribution in [1.82, 2.24) is 9.80 Å². The number of carbonyl (C=O) groups is 1. The highest BCUT2D eigenvalue weighted by atomic mass is 16.3. The SMILES string of the molecule is Cc1cccc(CN2CC3(CCN(C(=O)C4CCC4)CC3)C3=C(Cc4cc(C)ccc43)[C@H]2CO)c1. The lowest BCUT2D eigenvalue weighted by molar-refractivity contribution is -0.140. The summed E-state index contributed by atoms with van der Waals surface area (Å²) in [5.41, 5.74) is 9.68. The quantitative estimate of drug-likeness (QED) is 0.691. The maximum atomic E-state index is 13.0. The van der Waals surface area contributed by atoms with E-state index in [1.165, 1.54) is 45.4 Å². The number of aliphatic hydroxyl groups excluding tert-OH is 1. The Morgan fingerprint density at radius 1 is 1.06 bits per heavy atom. The van der Waals surface area contributed by atoms with Crippen LogP contribution in [0, 0.1) is 25.2 Å². The Balaban J connectivity index is 1.36. The third kappa shape index (κ3) is 3.95. The molecule has 0 aromatic heterocycles. The molecule has 4 heteroatoms. The van der Waals surface area contributed by atoms with E-state index in [1.54, 1.807) is 0 Å². The van der Waals surface area contributed by atoms with Crippen molar-refractivity contribution < 1.29 is 9.90 Å². The first-order chi connectivity index (χ1) is 17.0. The number of piperidine rings is 1. The molecular formula is C31H38N2O2. The van der Waals surface area contributed by atoms with Crippen molar-refractivity contribution in [1.29, 1.82) is 0 Å². The number of hydrogen-bond acceptors (Lipinski definition) is 3. The van der Waals surface area contributed by atoms with Crippen LogP contribution in [0.4, 0.5) is 0 Å². The molecule has 0 bridgehead atoms. The van der Waals surface area contributed by atoms with Gasteiger partial charge < -0.3 is 10.0 Å². The molecule has 2 aromatic rings. The number of aliphatic hydroxyl groups is 1. The summed E-state index contributed by atoms with van der Waals surface area (Å²) < 4.78 is 0. The van der Waals surface area contributed by atoms with Gasteiger partial charge in [0.2, 0.25) is 5.91 Å². The molecule has 6 rings (SSSR count). The molecule has 1 atom stereocenters. The summed E-state index contributed by atoms with van der Waals surface area (Å²) in [5, 5.41) is 10.6. The second-order valence-corrected chi connectivity index (χ2v) is 11.6. The van der Waals surface area contributed by atoms with Crippen LogP contribution in [0.5, 0.6) is 0 Å². The van der Waals surface area contributed by atoms with E-state index in [0.717, 1.165) is 58.3 Å². The molecule has 1 saturated carbocycles. The molecule has 4 nitrogen and oxygen atoms in total. The van der Waals surface area contributed by atoms with Crippen LogP contribution in [0.15, 0.2) is 48.0 Å². The van der Waals surface area contributed by atoms with Gasteiger partial charge in [0.1, 0.15) is 0 Å². The van der Waals surface area contributed by atoms with Crippen LogP contribution in [0.1, 0.15) is 59.9 Å². The molecule has 0 radical (unpaired) electrons. The molecule has 35 heavy (non-hydrogen) atoms. The number of benzene rings is 2. The Morgan fingerprint density at radius 3 is 2.51 bits per heavy atom. The normalized spacial score (nSPS) is 23.9. The van der Waals surface area contributed by atoms with Crippen LogP contribution >= 0.6 is 0 Å². The van der Waals surface area contributed by atoms with Gasteiger partial charge in [0, 0.05) is 37.5 Å². The van der Waals surface area contributed by atoms with Gasteiger partial charge in [-0.3, -0.25) is 9.69 Å². The summed E-state index contributed by atoms with van der Waals surface area (Å²) in [7, 11) is 0. The summed E-state index contributed by atoms with van der Waals surface area (Å²) in [5.74, 6) is 0.667. The van der Waals surface area contributed by atoms with E-state index in [2.05, 4.69) is 66.1 Å². The molecule has 1 N–H and O–H groups in total. The molecule has 2 fully saturated rings. The van der Waals surface area contributed by atoms with E-state index in [9.17, 15) is 9.90 Å². The van der Waals surface area contributed by atoms with E-state index < -0.39 is 0 Å². The highest BCUT2D eigenvalue weighted by molar-refractivity contribution is 5.83. The van der Waals surface area contributed by atoms with Gasteiger partial charge in [0.25, 0.3) is 0 Å². The summed E-state index contributed by atoms with van der Waals surface area (Å²) in [4.78, 5) is 17.7. The largest absolute Gasteiger partial charge is 0.394 e. The van der Waals surface area contributed by atoms with Gasteiger partial charge in [-0.15, -0.1) is 0 Å². The molecule has 2 aliphatic carbocycles. The molecule has 0 unspecified atom stereocenters. The first-order valence-corrected chi connectivity index (χ1v) is 13.5. The second-order valence-electron chi connectivity index (χ2n) is 11.6. The Morgan fingerprint density at radius 2 is 1.83 bits per heavy atom. The van der Waals surface area contributed by atoms with Crippen molar-refractivity contribution >= 4 is 11.5 Å². The van der Waals surface area contributed by atoms with Gasteiger partial charge in [-0.1, -0.05) is 60.0 Å². The lowest BCUT2D eigenvalue weighted by Crippen LogP contribution is -2.55. The zero-order chi connectivity index (χ0) is 24.2. The van der Waals surface area contributed by atoms with Crippen LogP contribution in [0.2, 0.25) is 0 Å². The van der Waals surface area contributed by atoms with Crippen molar-refractivity contribution in [3.05, 3.63) is 75.9 Å². The highest BCUT2D eigenvalue weighted by Gasteiger charge is 2.50. The fourth-order valence-electron chi connectivity index (χ4n) is 7.20. The number of likely N-dealkylation sites (tertiary alicyclic amines) is 1. The van der Waals surface area contributed by atoms with E-state index in [4.69, 9.17) is 0 Å². The Labute approximate surface area is 209 Å². The second kappa shape index (κ2) is 8.90. The van der Waals surface area contributed by atoms with Gasteiger partial charge >= 0.3 is 0 Å². The molecule has 2 aromatic carbocycles. The minimum atomic E-state index is 0.0434. The molecule has 1 spiro atoms. The van der Waals surface area contributed by atoms with E-state index >= 15 is 0 Å². The van der Waals surface area contributed by atoms with Crippen LogP contribution in [0.25, 0.3) is 5.57 Å². The minimum Gasteiger partial charge on any atom is -0.394 e. The van der Waals surface area contributed by atoms with E-state index in [1.807, 2.05) is 0 Å². The zero-order valence-corrected chi connectivity index (χ0v) is 21.2. The van der Waals surface area contributed by atoms with Crippen LogP contribution in [-0.4, -0.2) is 53.1 Å². The van der Waals surface area contributed by atoms with E-state index in [-0.39, 0.29) is 24.0 Å². The first-order valence-electron chi connectivity index (χ1n) is 13.5. The summed E-state index contributed by atoms with van der Waals surface area (Å²) in [6.07, 6.45) is 6.32. The van der Waals surface area contributed by atoms with Gasteiger partial charge in [0.05, 0.1) is 12.6 Å². The van der Waals surface area contributed by atoms with E-state index in [0.29, 0.717) is 5.91 Å². The Bertz CT molecular complexity index is 1170. The smallest absolute Gasteiger partial charge is 0.225 e. The number of nitrogens with zero attached hydrogens (tertiary/aromatic N) is 2. The number of rotatable bonds is 4. The molecular weight excluding hydrogens is 432 g/mol. The molecule has 4 aliphatic rings. The van der Waals surface area contributed by atoms with Gasteiger partial charge in [-0.2, -0.15) is 0 Å². The lowest BCUT2D eigenvalue weighted by atomic mass is 9.66. The van der Waals surface area contributed by atoms with Crippen molar-refractivity contribution in [2.45, 2.75) is 65.0 Å². The fraction of sp³-hybridized carbons (Fsp3) is 0.516.